The summed E-state index contributed by atoms with van der Waals surface area (Å²) in [5.41, 5.74) is 5.76. The standard InChI is InChI=1S/C25H27N5O/c1-2-3-20-4-6-21(7-5-20)26-27-22-8-10-23(11-9-22)28-29-24-12-14-25(15-13-24)30-16-18-31-19-17-30/h4-15H,2-3,16-19H2,1H3. The number of benzene rings is 3. The molecule has 1 fully saturated rings. The monoisotopic (exact) mass is 413 g/mol. The zero-order chi connectivity index (χ0) is 21.3. The predicted molar refractivity (Wildman–Crippen MR) is 125 cm³/mol. The molecule has 0 unspecified atom stereocenters. The Bertz CT molecular complexity index is 1010. The van der Waals surface area contributed by atoms with Gasteiger partial charge in [-0.3, -0.25) is 0 Å². The minimum absolute atomic E-state index is 0.778. The molecular weight excluding hydrogens is 386 g/mol. The number of aryl methyl sites for hydroxylation is 1. The maximum absolute atomic E-state index is 5.40. The second-order valence-electron chi connectivity index (χ2n) is 7.45. The molecule has 6 nitrogen and oxygen atoms in total. The highest BCUT2D eigenvalue weighted by molar-refractivity contribution is 5.53. The Morgan fingerprint density at radius 3 is 1.52 bits per heavy atom. The van der Waals surface area contributed by atoms with Gasteiger partial charge in [0.2, 0.25) is 0 Å². The van der Waals surface area contributed by atoms with Crippen LogP contribution in [-0.4, -0.2) is 26.3 Å². The van der Waals surface area contributed by atoms with Crippen LogP contribution in [0.5, 0.6) is 0 Å². The lowest BCUT2D eigenvalue weighted by molar-refractivity contribution is 0.122. The van der Waals surface area contributed by atoms with E-state index >= 15 is 0 Å². The average molecular weight is 414 g/mol. The highest BCUT2D eigenvalue weighted by Crippen LogP contribution is 2.25. The number of hydrogen-bond acceptors (Lipinski definition) is 6. The van der Waals surface area contributed by atoms with Crippen LogP contribution < -0.4 is 4.90 Å². The summed E-state index contributed by atoms with van der Waals surface area (Å²) in [6, 6.07) is 23.9. The van der Waals surface area contributed by atoms with Gasteiger partial charge in [-0.2, -0.15) is 20.5 Å². The summed E-state index contributed by atoms with van der Waals surface area (Å²) in [4.78, 5) is 2.32. The Kier molecular flexibility index (Phi) is 7.13. The van der Waals surface area contributed by atoms with E-state index in [1.165, 1.54) is 11.3 Å². The van der Waals surface area contributed by atoms with Crippen LogP contribution in [-0.2, 0) is 11.2 Å². The summed E-state index contributed by atoms with van der Waals surface area (Å²) in [5, 5.41) is 17.3. The molecule has 158 valence electrons. The summed E-state index contributed by atoms with van der Waals surface area (Å²) >= 11 is 0. The van der Waals surface area contributed by atoms with Crippen molar-refractivity contribution in [3.8, 4) is 0 Å². The largest absolute Gasteiger partial charge is 0.378 e. The van der Waals surface area contributed by atoms with E-state index in [1.54, 1.807) is 0 Å². The van der Waals surface area contributed by atoms with Crippen molar-refractivity contribution < 1.29 is 4.74 Å². The van der Waals surface area contributed by atoms with Crippen molar-refractivity contribution in [3.05, 3.63) is 78.4 Å². The Morgan fingerprint density at radius 1 is 0.645 bits per heavy atom. The molecule has 1 aliphatic rings. The topological polar surface area (TPSA) is 61.9 Å². The van der Waals surface area contributed by atoms with Crippen molar-refractivity contribution in [3.63, 3.8) is 0 Å². The van der Waals surface area contributed by atoms with Crippen molar-refractivity contribution in [2.75, 3.05) is 31.2 Å². The fraction of sp³-hybridized carbons (Fsp3) is 0.280. The van der Waals surface area contributed by atoms with Gasteiger partial charge >= 0.3 is 0 Å². The van der Waals surface area contributed by atoms with Gasteiger partial charge in [0.15, 0.2) is 0 Å². The second kappa shape index (κ2) is 10.6. The van der Waals surface area contributed by atoms with Crippen LogP contribution in [0.25, 0.3) is 0 Å². The number of morpholine rings is 1. The fourth-order valence-electron chi connectivity index (χ4n) is 3.39. The van der Waals surface area contributed by atoms with Crippen LogP contribution in [0.4, 0.5) is 28.4 Å². The summed E-state index contributed by atoms with van der Waals surface area (Å²) in [7, 11) is 0. The molecule has 3 aromatic rings. The van der Waals surface area contributed by atoms with Gasteiger partial charge in [0.05, 0.1) is 36.0 Å². The van der Waals surface area contributed by atoms with Crippen LogP contribution in [0.3, 0.4) is 0 Å². The molecule has 0 amide bonds. The van der Waals surface area contributed by atoms with Crippen LogP contribution in [0.1, 0.15) is 18.9 Å². The molecule has 6 heteroatoms. The molecule has 0 bridgehead atoms. The summed E-state index contributed by atoms with van der Waals surface area (Å²) in [6.45, 7) is 5.59. The summed E-state index contributed by atoms with van der Waals surface area (Å²) < 4.78 is 5.40. The summed E-state index contributed by atoms with van der Waals surface area (Å²) in [6.07, 6.45) is 2.23. The molecule has 4 rings (SSSR count). The predicted octanol–water partition coefficient (Wildman–Crippen LogP) is 7.31. The van der Waals surface area contributed by atoms with Crippen LogP contribution in [0, 0.1) is 0 Å². The number of ether oxygens (including phenoxy) is 1. The van der Waals surface area contributed by atoms with Crippen molar-refractivity contribution in [1.82, 2.24) is 0 Å². The SMILES string of the molecule is CCCc1ccc(N=Nc2ccc(N=Nc3ccc(N4CCOCC4)cc3)cc2)cc1. The molecule has 0 spiro atoms. The van der Waals surface area contributed by atoms with E-state index in [2.05, 4.69) is 56.5 Å². The zero-order valence-electron chi connectivity index (χ0n) is 17.8. The van der Waals surface area contributed by atoms with E-state index < -0.39 is 0 Å². The first-order chi connectivity index (χ1) is 15.3. The molecular formula is C25H27N5O. The zero-order valence-corrected chi connectivity index (χ0v) is 17.8. The van der Waals surface area contributed by atoms with Gasteiger partial charge in [0, 0.05) is 18.8 Å². The lowest BCUT2D eigenvalue weighted by Crippen LogP contribution is -2.36. The molecule has 0 aliphatic carbocycles. The Labute approximate surface area is 183 Å². The first-order valence-corrected chi connectivity index (χ1v) is 10.8. The Hall–Kier alpha value is -3.38. The molecule has 0 saturated carbocycles. The number of anilines is 1. The maximum atomic E-state index is 5.40. The van der Waals surface area contributed by atoms with Crippen molar-refractivity contribution >= 4 is 28.4 Å². The third kappa shape index (κ3) is 6.06. The highest BCUT2D eigenvalue weighted by Gasteiger charge is 2.10. The first-order valence-electron chi connectivity index (χ1n) is 10.8. The lowest BCUT2D eigenvalue weighted by Gasteiger charge is -2.28. The van der Waals surface area contributed by atoms with E-state index in [-0.39, 0.29) is 0 Å². The molecule has 1 aliphatic heterocycles. The van der Waals surface area contributed by atoms with Gasteiger partial charge in [0.25, 0.3) is 0 Å². The fourth-order valence-corrected chi connectivity index (χ4v) is 3.39. The molecule has 1 heterocycles. The molecule has 0 aromatic heterocycles. The van der Waals surface area contributed by atoms with Crippen LogP contribution >= 0.6 is 0 Å². The smallest absolute Gasteiger partial charge is 0.0858 e. The van der Waals surface area contributed by atoms with Crippen molar-refractivity contribution in [1.29, 1.82) is 0 Å². The Morgan fingerprint density at radius 2 is 1.06 bits per heavy atom. The molecule has 31 heavy (non-hydrogen) atoms. The lowest BCUT2D eigenvalue weighted by atomic mass is 10.1. The van der Waals surface area contributed by atoms with Gasteiger partial charge in [-0.05, 0) is 72.6 Å². The average Bonchev–Trinajstić information content (AvgIpc) is 2.84. The van der Waals surface area contributed by atoms with Crippen molar-refractivity contribution in [2.24, 2.45) is 20.5 Å². The minimum Gasteiger partial charge on any atom is -0.378 e. The Balaban J connectivity index is 1.34. The van der Waals surface area contributed by atoms with Gasteiger partial charge in [0.1, 0.15) is 0 Å². The van der Waals surface area contributed by atoms with Gasteiger partial charge in [-0.15, -0.1) is 0 Å². The van der Waals surface area contributed by atoms with E-state index in [9.17, 15) is 0 Å². The van der Waals surface area contributed by atoms with E-state index in [0.717, 1.165) is 61.9 Å². The maximum Gasteiger partial charge on any atom is 0.0858 e. The van der Waals surface area contributed by atoms with Crippen LogP contribution in [0.15, 0.2) is 93.3 Å². The highest BCUT2D eigenvalue weighted by atomic mass is 16.5. The quantitative estimate of drug-likeness (QED) is 0.381. The van der Waals surface area contributed by atoms with E-state index in [0.29, 0.717) is 0 Å². The molecule has 1 saturated heterocycles. The third-order valence-electron chi connectivity index (χ3n) is 5.11. The number of azo groups is 2. The number of rotatable bonds is 7. The van der Waals surface area contributed by atoms with Crippen molar-refractivity contribution in [2.45, 2.75) is 19.8 Å². The summed E-state index contributed by atoms with van der Waals surface area (Å²) in [5.74, 6) is 0. The van der Waals surface area contributed by atoms with Gasteiger partial charge in [-0.25, -0.2) is 0 Å². The van der Waals surface area contributed by atoms with Gasteiger partial charge in [-0.1, -0.05) is 25.5 Å². The minimum atomic E-state index is 0.778. The molecule has 0 atom stereocenters. The molecule has 0 radical (unpaired) electrons. The first kappa shape index (κ1) is 20.9. The van der Waals surface area contributed by atoms with E-state index in [1.807, 2.05) is 48.5 Å². The van der Waals surface area contributed by atoms with Crippen LogP contribution in [0.2, 0.25) is 0 Å². The van der Waals surface area contributed by atoms with E-state index in [4.69, 9.17) is 4.74 Å². The second-order valence-corrected chi connectivity index (χ2v) is 7.45. The third-order valence-corrected chi connectivity index (χ3v) is 5.11. The molecule has 3 aromatic carbocycles. The normalized spacial score (nSPS) is 14.5. The number of nitrogens with zero attached hydrogens (tertiary/aromatic N) is 5. The number of hydrogen-bond donors (Lipinski definition) is 0. The molecule has 0 N–H and O–H groups in total. The van der Waals surface area contributed by atoms with Gasteiger partial charge < -0.3 is 9.64 Å².